The van der Waals surface area contributed by atoms with Crippen LogP contribution in [0.3, 0.4) is 0 Å². The summed E-state index contributed by atoms with van der Waals surface area (Å²) in [5.74, 6) is 2.53. The molecule has 1 unspecified atom stereocenters. The molecule has 2 N–H and O–H groups in total. The Bertz CT molecular complexity index is 377. The Morgan fingerprint density at radius 1 is 1.28 bits per heavy atom. The van der Waals surface area contributed by atoms with E-state index in [-0.39, 0.29) is 0 Å². The van der Waals surface area contributed by atoms with Crippen molar-refractivity contribution in [3.05, 3.63) is 35.4 Å². The molecule has 100 valence electrons. The first-order chi connectivity index (χ1) is 8.79. The molecule has 0 bridgehead atoms. The Hall–Kier alpha value is -0.470. The van der Waals surface area contributed by atoms with E-state index in [0.717, 1.165) is 6.54 Å². The second-order valence-corrected chi connectivity index (χ2v) is 6.84. The van der Waals surface area contributed by atoms with Crippen LogP contribution in [0.15, 0.2) is 24.3 Å². The molecule has 1 aliphatic rings. The lowest BCUT2D eigenvalue weighted by Gasteiger charge is -2.37. The van der Waals surface area contributed by atoms with Crippen LogP contribution in [0.4, 0.5) is 0 Å². The molecule has 1 aliphatic carbocycles. The molecule has 0 saturated heterocycles. The van der Waals surface area contributed by atoms with Crippen molar-refractivity contribution in [1.82, 2.24) is 0 Å². The van der Waals surface area contributed by atoms with Crippen LogP contribution in [-0.4, -0.2) is 18.1 Å². The minimum atomic E-state index is 0.378. The lowest BCUT2D eigenvalue weighted by Crippen LogP contribution is -2.36. The van der Waals surface area contributed by atoms with E-state index in [1.54, 1.807) is 5.56 Å². The van der Waals surface area contributed by atoms with Gasteiger partial charge in [-0.05, 0) is 66.7 Å². The average Bonchev–Trinajstić information content (AvgIpc) is 2.43. The smallest absolute Gasteiger partial charge is 0.00172 e. The zero-order valence-electron chi connectivity index (χ0n) is 11.5. The van der Waals surface area contributed by atoms with Crippen molar-refractivity contribution in [3.8, 4) is 0 Å². The van der Waals surface area contributed by atoms with Crippen LogP contribution in [-0.2, 0) is 12.8 Å². The van der Waals surface area contributed by atoms with Crippen molar-refractivity contribution >= 4 is 11.8 Å². The molecule has 2 heteroatoms. The summed E-state index contributed by atoms with van der Waals surface area (Å²) >= 11 is 2.05. The highest BCUT2D eigenvalue weighted by Gasteiger charge is 2.32. The van der Waals surface area contributed by atoms with Crippen LogP contribution < -0.4 is 5.73 Å². The van der Waals surface area contributed by atoms with Gasteiger partial charge in [-0.1, -0.05) is 31.2 Å². The summed E-state index contributed by atoms with van der Waals surface area (Å²) in [6.07, 6.45) is 6.30. The van der Waals surface area contributed by atoms with E-state index in [1.165, 1.54) is 49.2 Å². The Labute approximate surface area is 116 Å². The topological polar surface area (TPSA) is 26.0 Å². The second-order valence-electron chi connectivity index (χ2n) is 5.45. The summed E-state index contributed by atoms with van der Waals surface area (Å²) in [6, 6.07) is 8.90. The number of aryl methyl sites for hydroxylation is 1. The third-order valence-corrected chi connectivity index (χ3v) is 5.23. The van der Waals surface area contributed by atoms with Crippen molar-refractivity contribution < 1.29 is 0 Å². The Balaban J connectivity index is 1.98. The zero-order chi connectivity index (χ0) is 12.8. The van der Waals surface area contributed by atoms with Crippen molar-refractivity contribution in [1.29, 1.82) is 0 Å². The minimum Gasteiger partial charge on any atom is -0.330 e. The number of rotatable bonds is 6. The number of hydrogen-bond donors (Lipinski definition) is 1. The lowest BCUT2D eigenvalue weighted by atomic mass is 9.69. The molecule has 0 spiro atoms. The van der Waals surface area contributed by atoms with E-state index in [2.05, 4.69) is 43.0 Å². The van der Waals surface area contributed by atoms with Crippen LogP contribution in [0.5, 0.6) is 0 Å². The fourth-order valence-electron chi connectivity index (χ4n) is 3.05. The number of benzene rings is 1. The molecule has 0 fully saturated rings. The highest BCUT2D eigenvalue weighted by atomic mass is 32.2. The first-order valence-corrected chi connectivity index (χ1v) is 8.30. The van der Waals surface area contributed by atoms with Gasteiger partial charge in [0.2, 0.25) is 0 Å². The Morgan fingerprint density at radius 3 is 2.78 bits per heavy atom. The van der Waals surface area contributed by atoms with Gasteiger partial charge in [0.05, 0.1) is 0 Å². The number of nitrogens with two attached hydrogens (primary N) is 1. The minimum absolute atomic E-state index is 0.378. The summed E-state index contributed by atoms with van der Waals surface area (Å²) in [7, 11) is 0. The van der Waals surface area contributed by atoms with Gasteiger partial charge in [0.15, 0.2) is 0 Å². The largest absolute Gasteiger partial charge is 0.330 e. The van der Waals surface area contributed by atoms with Gasteiger partial charge in [-0.2, -0.15) is 11.8 Å². The molecule has 0 radical (unpaired) electrons. The predicted octanol–water partition coefficient (Wildman–Crippen LogP) is 3.65. The summed E-state index contributed by atoms with van der Waals surface area (Å²) in [5, 5.41) is 0. The number of fused-ring (bicyclic) bond motifs is 1. The molecular formula is C16H25NS. The second kappa shape index (κ2) is 6.63. The van der Waals surface area contributed by atoms with Gasteiger partial charge in [-0.15, -0.1) is 0 Å². The molecule has 1 atom stereocenters. The summed E-state index contributed by atoms with van der Waals surface area (Å²) in [5.41, 5.74) is 9.57. The average molecular weight is 263 g/mol. The highest BCUT2D eigenvalue weighted by molar-refractivity contribution is 7.99. The molecule has 0 heterocycles. The van der Waals surface area contributed by atoms with Crippen LogP contribution in [0.25, 0.3) is 0 Å². The van der Waals surface area contributed by atoms with E-state index in [0.29, 0.717) is 5.41 Å². The van der Waals surface area contributed by atoms with Crippen LogP contribution in [0.2, 0.25) is 0 Å². The molecule has 0 aromatic heterocycles. The van der Waals surface area contributed by atoms with E-state index in [9.17, 15) is 0 Å². The first kappa shape index (κ1) is 14.0. The van der Waals surface area contributed by atoms with E-state index >= 15 is 0 Å². The van der Waals surface area contributed by atoms with Crippen molar-refractivity contribution in [2.45, 2.75) is 39.0 Å². The van der Waals surface area contributed by atoms with Crippen molar-refractivity contribution in [2.24, 2.45) is 11.1 Å². The molecule has 1 aromatic rings. The number of hydrogen-bond acceptors (Lipinski definition) is 2. The maximum absolute atomic E-state index is 6.10. The van der Waals surface area contributed by atoms with Gasteiger partial charge in [0, 0.05) is 0 Å². The SMILES string of the molecule is CCSCCCC1(CN)CCc2ccccc2C1. The maximum Gasteiger partial charge on any atom is -0.00172 e. The van der Waals surface area contributed by atoms with Crippen molar-refractivity contribution in [2.75, 3.05) is 18.1 Å². The maximum atomic E-state index is 6.10. The molecule has 18 heavy (non-hydrogen) atoms. The third kappa shape index (κ3) is 3.30. The lowest BCUT2D eigenvalue weighted by molar-refractivity contribution is 0.233. The van der Waals surface area contributed by atoms with Crippen LogP contribution >= 0.6 is 11.8 Å². The molecule has 0 amide bonds. The Kier molecular flexibility index (Phi) is 5.13. The standard InChI is InChI=1S/C16H25NS/c1-2-18-11-5-9-16(13-17)10-8-14-6-3-4-7-15(14)12-16/h3-4,6-7H,2,5,8-13,17H2,1H3. The molecule has 1 aromatic carbocycles. The third-order valence-electron chi connectivity index (χ3n) is 4.24. The molecule has 2 rings (SSSR count). The van der Waals surface area contributed by atoms with Gasteiger partial charge in [-0.25, -0.2) is 0 Å². The van der Waals surface area contributed by atoms with E-state index in [1.807, 2.05) is 0 Å². The number of thioether (sulfide) groups is 1. The monoisotopic (exact) mass is 263 g/mol. The fourth-order valence-corrected chi connectivity index (χ4v) is 3.69. The van der Waals surface area contributed by atoms with E-state index in [4.69, 9.17) is 5.73 Å². The highest BCUT2D eigenvalue weighted by Crippen LogP contribution is 2.38. The summed E-state index contributed by atoms with van der Waals surface area (Å²) in [4.78, 5) is 0. The van der Waals surface area contributed by atoms with Gasteiger partial charge in [-0.3, -0.25) is 0 Å². The molecule has 1 nitrogen and oxygen atoms in total. The van der Waals surface area contributed by atoms with Crippen LogP contribution in [0.1, 0.15) is 37.3 Å². The van der Waals surface area contributed by atoms with E-state index < -0.39 is 0 Å². The summed E-state index contributed by atoms with van der Waals surface area (Å²) < 4.78 is 0. The summed E-state index contributed by atoms with van der Waals surface area (Å²) in [6.45, 7) is 3.08. The van der Waals surface area contributed by atoms with Gasteiger partial charge < -0.3 is 5.73 Å². The molecule has 0 saturated carbocycles. The normalized spacial score (nSPS) is 22.8. The molecular weight excluding hydrogens is 238 g/mol. The zero-order valence-corrected chi connectivity index (χ0v) is 12.3. The quantitative estimate of drug-likeness (QED) is 0.793. The van der Waals surface area contributed by atoms with Crippen LogP contribution in [0, 0.1) is 5.41 Å². The fraction of sp³-hybridized carbons (Fsp3) is 0.625. The van der Waals surface area contributed by atoms with Crippen molar-refractivity contribution in [3.63, 3.8) is 0 Å². The van der Waals surface area contributed by atoms with Gasteiger partial charge >= 0.3 is 0 Å². The molecule has 0 aliphatic heterocycles. The first-order valence-electron chi connectivity index (χ1n) is 7.14. The van der Waals surface area contributed by atoms with Gasteiger partial charge in [0.1, 0.15) is 0 Å². The van der Waals surface area contributed by atoms with Gasteiger partial charge in [0.25, 0.3) is 0 Å². The predicted molar refractivity (Wildman–Crippen MR) is 82.2 cm³/mol. The Morgan fingerprint density at radius 2 is 2.06 bits per heavy atom.